The molecule has 0 radical (unpaired) electrons. The van der Waals surface area contributed by atoms with Crippen LogP contribution < -0.4 is 10.6 Å². The minimum Gasteiger partial charge on any atom is -0.342 e. The second kappa shape index (κ2) is 8.11. The van der Waals surface area contributed by atoms with Crippen molar-refractivity contribution in [3.05, 3.63) is 71.9 Å². The fourth-order valence-corrected chi connectivity index (χ4v) is 2.60. The summed E-state index contributed by atoms with van der Waals surface area (Å²) in [4.78, 5) is 24.3. The summed E-state index contributed by atoms with van der Waals surface area (Å²) < 4.78 is 0. The second-order valence-corrected chi connectivity index (χ2v) is 5.77. The molecule has 6 heteroatoms. The van der Waals surface area contributed by atoms with Crippen LogP contribution in [0.1, 0.15) is 23.0 Å². The molecule has 1 aromatic heterocycles. The number of nitrogens with zero attached hydrogens (tertiary/aromatic N) is 1. The van der Waals surface area contributed by atoms with Gasteiger partial charge in [0.05, 0.1) is 12.2 Å². The first-order valence-corrected chi connectivity index (χ1v) is 8.44. The van der Waals surface area contributed by atoms with Gasteiger partial charge in [-0.1, -0.05) is 55.5 Å². The van der Waals surface area contributed by atoms with Crippen molar-refractivity contribution in [3.8, 4) is 11.3 Å². The molecule has 0 saturated heterocycles. The Labute approximate surface area is 151 Å². The van der Waals surface area contributed by atoms with Crippen LogP contribution >= 0.6 is 0 Å². The van der Waals surface area contributed by atoms with E-state index in [-0.39, 0.29) is 18.4 Å². The standard InChI is InChI=1S/C20H20N4O2/c1-2-14-8-6-7-11-16(14)22-19(25)13-21-20(26)18-12-17(23-24-18)15-9-4-3-5-10-15/h3-12H,2,13H2,1H3,(H,21,26)(H,22,25)(H,23,24). The van der Waals surface area contributed by atoms with E-state index in [1.54, 1.807) is 6.07 Å². The average molecular weight is 348 g/mol. The largest absolute Gasteiger partial charge is 0.342 e. The smallest absolute Gasteiger partial charge is 0.269 e. The number of aryl methyl sites for hydroxylation is 1. The van der Waals surface area contributed by atoms with Crippen molar-refractivity contribution < 1.29 is 9.59 Å². The van der Waals surface area contributed by atoms with Gasteiger partial charge in [0.25, 0.3) is 5.91 Å². The van der Waals surface area contributed by atoms with Gasteiger partial charge in [-0.15, -0.1) is 0 Å². The Morgan fingerprint density at radius 2 is 1.77 bits per heavy atom. The molecule has 0 atom stereocenters. The van der Waals surface area contributed by atoms with Gasteiger partial charge < -0.3 is 10.6 Å². The highest BCUT2D eigenvalue weighted by Crippen LogP contribution is 2.17. The number of benzene rings is 2. The van der Waals surface area contributed by atoms with Crippen molar-refractivity contribution in [2.24, 2.45) is 0 Å². The van der Waals surface area contributed by atoms with Crippen LogP contribution in [-0.2, 0) is 11.2 Å². The van der Waals surface area contributed by atoms with Gasteiger partial charge in [0, 0.05) is 11.3 Å². The fourth-order valence-electron chi connectivity index (χ4n) is 2.60. The van der Waals surface area contributed by atoms with E-state index in [1.807, 2.05) is 61.5 Å². The lowest BCUT2D eigenvalue weighted by Crippen LogP contribution is -2.33. The monoisotopic (exact) mass is 348 g/mol. The van der Waals surface area contributed by atoms with Gasteiger partial charge in [-0.3, -0.25) is 14.7 Å². The number of rotatable bonds is 6. The minimum absolute atomic E-state index is 0.115. The molecule has 0 unspecified atom stereocenters. The summed E-state index contributed by atoms with van der Waals surface area (Å²) >= 11 is 0. The number of hydrogen-bond acceptors (Lipinski definition) is 3. The normalized spacial score (nSPS) is 10.3. The van der Waals surface area contributed by atoms with Crippen LogP contribution in [0.3, 0.4) is 0 Å². The molecule has 3 aromatic rings. The highest BCUT2D eigenvalue weighted by atomic mass is 16.2. The van der Waals surface area contributed by atoms with E-state index in [1.165, 1.54) is 0 Å². The van der Waals surface area contributed by atoms with Gasteiger partial charge in [-0.25, -0.2) is 0 Å². The molecular formula is C20H20N4O2. The molecule has 0 fully saturated rings. The van der Waals surface area contributed by atoms with Crippen molar-refractivity contribution >= 4 is 17.5 Å². The van der Waals surface area contributed by atoms with Crippen LogP contribution in [0.2, 0.25) is 0 Å². The third-order valence-corrected chi connectivity index (χ3v) is 3.97. The van der Waals surface area contributed by atoms with Gasteiger partial charge in [-0.05, 0) is 24.1 Å². The maximum atomic E-state index is 12.2. The molecule has 0 saturated carbocycles. The predicted octanol–water partition coefficient (Wildman–Crippen LogP) is 3.01. The quantitative estimate of drug-likeness (QED) is 0.640. The van der Waals surface area contributed by atoms with Crippen molar-refractivity contribution in [2.45, 2.75) is 13.3 Å². The van der Waals surface area contributed by atoms with Gasteiger partial charge in [0.2, 0.25) is 5.91 Å². The van der Waals surface area contributed by atoms with E-state index in [4.69, 9.17) is 0 Å². The number of aromatic amines is 1. The summed E-state index contributed by atoms with van der Waals surface area (Å²) in [7, 11) is 0. The molecule has 6 nitrogen and oxygen atoms in total. The van der Waals surface area contributed by atoms with E-state index >= 15 is 0 Å². The number of hydrogen-bond donors (Lipinski definition) is 3. The molecule has 3 N–H and O–H groups in total. The Balaban J connectivity index is 1.57. The van der Waals surface area contributed by atoms with E-state index in [0.29, 0.717) is 11.4 Å². The highest BCUT2D eigenvalue weighted by Gasteiger charge is 2.13. The second-order valence-electron chi connectivity index (χ2n) is 5.77. The third kappa shape index (κ3) is 4.16. The zero-order chi connectivity index (χ0) is 18.4. The Morgan fingerprint density at radius 1 is 1.04 bits per heavy atom. The van der Waals surface area contributed by atoms with Crippen molar-refractivity contribution in [1.29, 1.82) is 0 Å². The Hall–Kier alpha value is -3.41. The molecule has 26 heavy (non-hydrogen) atoms. The fraction of sp³-hybridized carbons (Fsp3) is 0.150. The Morgan fingerprint density at radius 3 is 2.54 bits per heavy atom. The van der Waals surface area contributed by atoms with Crippen LogP contribution in [0.4, 0.5) is 5.69 Å². The minimum atomic E-state index is -0.376. The van der Waals surface area contributed by atoms with Gasteiger partial charge in [-0.2, -0.15) is 5.10 Å². The lowest BCUT2D eigenvalue weighted by atomic mass is 10.1. The molecule has 0 aliphatic carbocycles. The molecule has 2 aromatic carbocycles. The number of para-hydroxylation sites is 1. The molecule has 0 aliphatic heterocycles. The Kier molecular flexibility index (Phi) is 5.43. The number of nitrogens with one attached hydrogen (secondary N) is 3. The van der Waals surface area contributed by atoms with Gasteiger partial charge >= 0.3 is 0 Å². The molecule has 1 heterocycles. The zero-order valence-electron chi connectivity index (χ0n) is 14.5. The topological polar surface area (TPSA) is 86.9 Å². The lowest BCUT2D eigenvalue weighted by molar-refractivity contribution is -0.115. The maximum Gasteiger partial charge on any atom is 0.269 e. The molecule has 132 valence electrons. The Bertz CT molecular complexity index is 903. The summed E-state index contributed by atoms with van der Waals surface area (Å²) in [6.07, 6.45) is 0.819. The van der Waals surface area contributed by atoms with Crippen LogP contribution in [0.15, 0.2) is 60.7 Å². The zero-order valence-corrected chi connectivity index (χ0v) is 14.5. The van der Waals surface area contributed by atoms with Gasteiger partial charge in [0.15, 0.2) is 0 Å². The summed E-state index contributed by atoms with van der Waals surface area (Å²) in [5.74, 6) is -0.652. The molecular weight excluding hydrogens is 328 g/mol. The number of carbonyl (C=O) groups excluding carboxylic acids is 2. The van der Waals surface area contributed by atoms with Gasteiger partial charge in [0.1, 0.15) is 5.69 Å². The van der Waals surface area contributed by atoms with Crippen LogP contribution in [0, 0.1) is 0 Å². The number of carbonyl (C=O) groups is 2. The van der Waals surface area contributed by atoms with Crippen LogP contribution in [-0.4, -0.2) is 28.6 Å². The summed E-state index contributed by atoms with van der Waals surface area (Å²) in [6, 6.07) is 18.8. The summed E-state index contributed by atoms with van der Waals surface area (Å²) in [5.41, 5.74) is 3.72. The third-order valence-electron chi connectivity index (χ3n) is 3.97. The van der Waals surface area contributed by atoms with Crippen molar-refractivity contribution in [3.63, 3.8) is 0 Å². The van der Waals surface area contributed by atoms with Crippen LogP contribution in [0.25, 0.3) is 11.3 Å². The molecule has 0 spiro atoms. The number of H-pyrrole nitrogens is 1. The first kappa shape index (κ1) is 17.4. The molecule has 0 bridgehead atoms. The van der Waals surface area contributed by atoms with E-state index in [0.717, 1.165) is 23.2 Å². The van der Waals surface area contributed by atoms with E-state index in [2.05, 4.69) is 20.8 Å². The average Bonchev–Trinajstić information content (AvgIpc) is 3.17. The van der Waals surface area contributed by atoms with Crippen LogP contribution in [0.5, 0.6) is 0 Å². The summed E-state index contributed by atoms with van der Waals surface area (Å²) in [6.45, 7) is 1.91. The molecule has 3 rings (SSSR count). The van der Waals surface area contributed by atoms with E-state index < -0.39 is 0 Å². The van der Waals surface area contributed by atoms with Crippen molar-refractivity contribution in [1.82, 2.24) is 15.5 Å². The summed E-state index contributed by atoms with van der Waals surface area (Å²) in [5, 5.41) is 12.3. The first-order valence-electron chi connectivity index (χ1n) is 8.44. The van der Waals surface area contributed by atoms with Crippen molar-refractivity contribution in [2.75, 3.05) is 11.9 Å². The first-order chi connectivity index (χ1) is 12.7. The number of aromatic nitrogens is 2. The predicted molar refractivity (Wildman–Crippen MR) is 101 cm³/mol. The highest BCUT2D eigenvalue weighted by molar-refractivity contribution is 5.99. The molecule has 2 amide bonds. The maximum absolute atomic E-state index is 12.2. The number of amides is 2. The molecule has 0 aliphatic rings. The van der Waals surface area contributed by atoms with E-state index in [9.17, 15) is 9.59 Å². The lowest BCUT2D eigenvalue weighted by Gasteiger charge is -2.10. The SMILES string of the molecule is CCc1ccccc1NC(=O)CNC(=O)c1cc(-c2ccccc2)n[nH]1. The number of anilines is 1.